The Morgan fingerprint density at radius 2 is 2.08 bits per heavy atom. The van der Waals surface area contributed by atoms with E-state index < -0.39 is 0 Å². The van der Waals surface area contributed by atoms with Gasteiger partial charge >= 0.3 is 0 Å². The number of nitrogens with zero attached hydrogens (tertiary/aromatic N) is 2. The van der Waals surface area contributed by atoms with E-state index in [1.165, 1.54) is 9.75 Å². The van der Waals surface area contributed by atoms with Crippen LogP contribution in [0.4, 0.5) is 0 Å². The average molecular weight is 367 g/mol. The molecule has 1 aromatic rings. The molecule has 0 aromatic carbocycles. The van der Waals surface area contributed by atoms with Crippen molar-refractivity contribution in [1.29, 1.82) is 0 Å². The van der Waals surface area contributed by atoms with Crippen LogP contribution >= 0.6 is 11.3 Å². The second-order valence-corrected chi connectivity index (χ2v) is 8.50. The Morgan fingerprint density at radius 3 is 2.68 bits per heavy atom. The van der Waals surface area contributed by atoms with Gasteiger partial charge in [-0.25, -0.2) is 0 Å². The average Bonchev–Trinajstić information content (AvgIpc) is 2.94. The predicted molar refractivity (Wildman–Crippen MR) is 108 cm³/mol. The zero-order valence-electron chi connectivity index (χ0n) is 16.3. The van der Waals surface area contributed by atoms with Gasteiger partial charge in [-0.05, 0) is 46.2 Å². The molecule has 1 aromatic heterocycles. The SMILES string of the molecule is CN=C(NCCCN1CC(C)OC(C)C1)NC(C)Cc1ccc(C)s1. The highest BCUT2D eigenvalue weighted by molar-refractivity contribution is 7.11. The monoisotopic (exact) mass is 366 g/mol. The van der Waals surface area contributed by atoms with E-state index in [0.717, 1.165) is 45.0 Å². The topological polar surface area (TPSA) is 48.9 Å². The fourth-order valence-corrected chi connectivity index (χ4v) is 4.37. The Kier molecular flexibility index (Phi) is 8.19. The smallest absolute Gasteiger partial charge is 0.191 e. The maximum absolute atomic E-state index is 5.79. The van der Waals surface area contributed by atoms with Crippen LogP contribution in [0.3, 0.4) is 0 Å². The van der Waals surface area contributed by atoms with Crippen LogP contribution in [-0.4, -0.2) is 62.3 Å². The molecule has 0 radical (unpaired) electrons. The van der Waals surface area contributed by atoms with Crippen LogP contribution in [0.2, 0.25) is 0 Å². The molecule has 1 aliphatic rings. The van der Waals surface area contributed by atoms with Gasteiger partial charge in [0.05, 0.1) is 12.2 Å². The van der Waals surface area contributed by atoms with Crippen molar-refractivity contribution in [2.24, 2.45) is 4.99 Å². The summed E-state index contributed by atoms with van der Waals surface area (Å²) in [7, 11) is 1.84. The number of nitrogens with one attached hydrogen (secondary N) is 2. The van der Waals surface area contributed by atoms with E-state index in [1.807, 2.05) is 18.4 Å². The van der Waals surface area contributed by atoms with Crippen molar-refractivity contribution < 1.29 is 4.74 Å². The highest BCUT2D eigenvalue weighted by Crippen LogP contribution is 2.16. The maximum Gasteiger partial charge on any atom is 0.191 e. The predicted octanol–water partition coefficient (Wildman–Crippen LogP) is 2.65. The standard InChI is InChI=1S/C19H34N4OS/c1-14(11-18-8-7-17(4)25-18)22-19(20-5)21-9-6-10-23-12-15(2)24-16(3)13-23/h7-8,14-16H,6,9-13H2,1-5H3,(H2,20,21,22). The minimum absolute atomic E-state index is 0.341. The quantitative estimate of drug-likeness (QED) is 0.442. The molecule has 25 heavy (non-hydrogen) atoms. The second-order valence-electron chi connectivity index (χ2n) is 7.13. The Bertz CT molecular complexity index is 535. The van der Waals surface area contributed by atoms with E-state index in [4.69, 9.17) is 4.74 Å². The summed E-state index contributed by atoms with van der Waals surface area (Å²) in [5, 5.41) is 6.93. The second kappa shape index (κ2) is 10.1. The highest BCUT2D eigenvalue weighted by atomic mass is 32.1. The van der Waals surface area contributed by atoms with E-state index in [1.54, 1.807) is 0 Å². The molecule has 1 aliphatic heterocycles. The molecule has 3 atom stereocenters. The van der Waals surface area contributed by atoms with Gasteiger partial charge in [0.15, 0.2) is 5.96 Å². The zero-order chi connectivity index (χ0) is 18.2. The number of morpholine rings is 1. The molecule has 3 unspecified atom stereocenters. The van der Waals surface area contributed by atoms with Crippen molar-refractivity contribution in [2.45, 2.75) is 58.8 Å². The van der Waals surface area contributed by atoms with Crippen molar-refractivity contribution in [3.8, 4) is 0 Å². The molecule has 0 spiro atoms. The summed E-state index contributed by atoms with van der Waals surface area (Å²) in [6.07, 6.45) is 2.82. The van der Waals surface area contributed by atoms with Gasteiger partial charge in [0.25, 0.3) is 0 Å². The molecule has 5 nitrogen and oxygen atoms in total. The molecule has 0 amide bonds. The summed E-state index contributed by atoms with van der Waals surface area (Å²) in [6.45, 7) is 12.8. The fraction of sp³-hybridized carbons (Fsp3) is 0.737. The van der Waals surface area contributed by atoms with E-state index in [2.05, 4.69) is 60.4 Å². The number of aliphatic imine (C=N–C) groups is 1. The number of ether oxygens (including phenoxy) is 1. The molecule has 2 N–H and O–H groups in total. The molecule has 0 aliphatic carbocycles. The van der Waals surface area contributed by atoms with E-state index in [9.17, 15) is 0 Å². The third kappa shape index (κ3) is 7.34. The van der Waals surface area contributed by atoms with E-state index in [0.29, 0.717) is 18.2 Å². The fourth-order valence-electron chi connectivity index (χ4n) is 3.35. The normalized spacial score (nSPS) is 23.5. The van der Waals surface area contributed by atoms with Gasteiger partial charge in [-0.1, -0.05) is 0 Å². The first-order valence-electron chi connectivity index (χ1n) is 9.36. The van der Waals surface area contributed by atoms with Crippen LogP contribution in [0.5, 0.6) is 0 Å². The lowest BCUT2D eigenvalue weighted by molar-refractivity contribution is -0.0679. The first-order chi connectivity index (χ1) is 12.0. The molecule has 1 saturated heterocycles. The van der Waals surface area contributed by atoms with Crippen LogP contribution in [0.1, 0.15) is 36.9 Å². The van der Waals surface area contributed by atoms with Crippen molar-refractivity contribution in [3.63, 3.8) is 0 Å². The summed E-state index contributed by atoms with van der Waals surface area (Å²) in [5.41, 5.74) is 0. The molecular formula is C19H34N4OS. The minimum Gasteiger partial charge on any atom is -0.373 e. The van der Waals surface area contributed by atoms with Crippen LogP contribution in [0, 0.1) is 6.92 Å². The minimum atomic E-state index is 0.341. The summed E-state index contributed by atoms with van der Waals surface area (Å²) in [5.74, 6) is 0.893. The Morgan fingerprint density at radius 1 is 1.36 bits per heavy atom. The third-order valence-corrected chi connectivity index (χ3v) is 5.37. The summed E-state index contributed by atoms with van der Waals surface area (Å²) in [4.78, 5) is 9.64. The van der Waals surface area contributed by atoms with Gasteiger partial charge in [-0.3, -0.25) is 9.89 Å². The molecule has 1 fully saturated rings. The summed E-state index contributed by atoms with van der Waals surface area (Å²) < 4.78 is 5.79. The van der Waals surface area contributed by atoms with E-state index >= 15 is 0 Å². The van der Waals surface area contributed by atoms with Crippen LogP contribution in [0.15, 0.2) is 17.1 Å². The van der Waals surface area contributed by atoms with Crippen molar-refractivity contribution in [3.05, 3.63) is 21.9 Å². The first kappa shape index (κ1) is 20.2. The molecule has 142 valence electrons. The van der Waals surface area contributed by atoms with Gasteiger partial charge < -0.3 is 15.4 Å². The van der Waals surface area contributed by atoms with Crippen LogP contribution in [0.25, 0.3) is 0 Å². The zero-order valence-corrected chi connectivity index (χ0v) is 17.2. The molecular weight excluding hydrogens is 332 g/mol. The van der Waals surface area contributed by atoms with Crippen LogP contribution < -0.4 is 10.6 Å². The van der Waals surface area contributed by atoms with E-state index in [-0.39, 0.29) is 0 Å². The number of guanidine groups is 1. The third-order valence-electron chi connectivity index (χ3n) is 4.35. The molecule has 0 saturated carbocycles. The molecule has 2 rings (SSSR count). The first-order valence-corrected chi connectivity index (χ1v) is 10.2. The van der Waals surface area contributed by atoms with Gasteiger partial charge in [0.2, 0.25) is 0 Å². The lowest BCUT2D eigenvalue weighted by Crippen LogP contribution is -2.47. The molecule has 6 heteroatoms. The largest absolute Gasteiger partial charge is 0.373 e. The molecule has 2 heterocycles. The number of thiophene rings is 1. The van der Waals surface area contributed by atoms with Gasteiger partial charge in [-0.15, -0.1) is 11.3 Å². The summed E-state index contributed by atoms with van der Waals surface area (Å²) in [6, 6.07) is 4.77. The van der Waals surface area contributed by atoms with Gasteiger partial charge in [-0.2, -0.15) is 0 Å². The van der Waals surface area contributed by atoms with Crippen molar-refractivity contribution in [2.75, 3.05) is 33.2 Å². The number of hydrogen-bond donors (Lipinski definition) is 2. The Labute approximate surface area is 156 Å². The van der Waals surface area contributed by atoms with Crippen molar-refractivity contribution >= 4 is 17.3 Å². The van der Waals surface area contributed by atoms with Crippen molar-refractivity contribution in [1.82, 2.24) is 15.5 Å². The highest BCUT2D eigenvalue weighted by Gasteiger charge is 2.21. The molecule has 0 bridgehead atoms. The Hall–Kier alpha value is -1.11. The summed E-state index contributed by atoms with van der Waals surface area (Å²) >= 11 is 1.87. The number of hydrogen-bond acceptors (Lipinski definition) is 4. The Balaban J connectivity index is 1.64. The number of aryl methyl sites for hydroxylation is 1. The maximum atomic E-state index is 5.79. The van der Waals surface area contributed by atoms with Gasteiger partial charge in [0.1, 0.15) is 0 Å². The lowest BCUT2D eigenvalue weighted by atomic mass is 10.2. The lowest BCUT2D eigenvalue weighted by Gasteiger charge is -2.35. The van der Waals surface area contributed by atoms with Crippen LogP contribution in [-0.2, 0) is 11.2 Å². The number of rotatable bonds is 7. The van der Waals surface area contributed by atoms with Gasteiger partial charge in [0, 0.05) is 55.4 Å².